The highest BCUT2D eigenvalue weighted by atomic mass is 16.5. The van der Waals surface area contributed by atoms with Gasteiger partial charge in [-0.1, -0.05) is 18.2 Å². The lowest BCUT2D eigenvalue weighted by Crippen LogP contribution is -1.99. The van der Waals surface area contributed by atoms with E-state index in [0.29, 0.717) is 0 Å². The molecule has 2 rings (SSSR count). The average molecular weight is 268 g/mol. The van der Waals surface area contributed by atoms with Crippen LogP contribution in [-0.2, 0) is 0 Å². The van der Waals surface area contributed by atoms with Crippen molar-refractivity contribution in [2.24, 2.45) is 0 Å². The minimum Gasteiger partial charge on any atom is -0.456 e. The maximum absolute atomic E-state index is 6.34. The van der Waals surface area contributed by atoms with Gasteiger partial charge in [0.05, 0.1) is 0 Å². The summed E-state index contributed by atoms with van der Waals surface area (Å²) < 4.78 is 6.34. The van der Waals surface area contributed by atoms with Crippen LogP contribution >= 0.6 is 0 Å². The number of rotatable bonds is 2. The van der Waals surface area contributed by atoms with Crippen LogP contribution in [0, 0.1) is 48.5 Å². The van der Waals surface area contributed by atoms with E-state index in [1.165, 1.54) is 38.9 Å². The fourth-order valence-corrected chi connectivity index (χ4v) is 2.52. The van der Waals surface area contributed by atoms with Crippen LogP contribution < -0.4 is 4.74 Å². The summed E-state index contributed by atoms with van der Waals surface area (Å²) >= 11 is 0. The predicted molar refractivity (Wildman–Crippen MR) is 86.1 cm³/mol. The van der Waals surface area contributed by atoms with Gasteiger partial charge in [-0.2, -0.15) is 0 Å². The summed E-state index contributed by atoms with van der Waals surface area (Å²) in [7, 11) is 0. The largest absolute Gasteiger partial charge is 0.456 e. The van der Waals surface area contributed by atoms with Crippen LogP contribution in [0.2, 0.25) is 0 Å². The van der Waals surface area contributed by atoms with Crippen molar-refractivity contribution in [3.05, 3.63) is 57.1 Å². The molecule has 0 heterocycles. The van der Waals surface area contributed by atoms with Crippen LogP contribution in [0.5, 0.6) is 11.5 Å². The first-order chi connectivity index (χ1) is 9.32. The van der Waals surface area contributed by atoms with Crippen LogP contribution in [0.3, 0.4) is 0 Å². The van der Waals surface area contributed by atoms with E-state index in [0.717, 1.165) is 11.5 Å². The van der Waals surface area contributed by atoms with Crippen LogP contribution in [0.25, 0.3) is 0 Å². The van der Waals surface area contributed by atoms with Crippen LogP contribution in [0.4, 0.5) is 0 Å². The number of ether oxygens (including phenoxy) is 1. The van der Waals surface area contributed by atoms with Crippen molar-refractivity contribution in [2.75, 3.05) is 0 Å². The summed E-state index contributed by atoms with van der Waals surface area (Å²) in [5, 5.41) is 0. The van der Waals surface area contributed by atoms with E-state index < -0.39 is 0 Å². The van der Waals surface area contributed by atoms with Crippen molar-refractivity contribution < 1.29 is 4.74 Å². The minimum atomic E-state index is 1.00. The molecule has 0 saturated heterocycles. The topological polar surface area (TPSA) is 9.23 Å². The summed E-state index contributed by atoms with van der Waals surface area (Å²) in [6, 6.07) is 6.51. The van der Waals surface area contributed by atoms with Gasteiger partial charge >= 0.3 is 0 Å². The highest BCUT2D eigenvalue weighted by molar-refractivity contribution is 5.53. The van der Waals surface area contributed by atoms with Crippen molar-refractivity contribution in [3.8, 4) is 11.5 Å². The lowest BCUT2D eigenvalue weighted by molar-refractivity contribution is 0.466. The van der Waals surface area contributed by atoms with E-state index in [1.54, 1.807) is 0 Å². The monoisotopic (exact) mass is 268 g/mol. The van der Waals surface area contributed by atoms with Gasteiger partial charge in [0.25, 0.3) is 0 Å². The van der Waals surface area contributed by atoms with Crippen molar-refractivity contribution in [2.45, 2.75) is 48.5 Å². The molecule has 0 spiro atoms. The molecule has 20 heavy (non-hydrogen) atoms. The lowest BCUT2D eigenvalue weighted by Gasteiger charge is -2.19. The number of benzene rings is 2. The van der Waals surface area contributed by atoms with Crippen LogP contribution in [0.15, 0.2) is 18.2 Å². The number of hydrogen-bond donors (Lipinski definition) is 0. The third kappa shape index (κ3) is 2.45. The minimum absolute atomic E-state index is 1.00. The Balaban J connectivity index is 2.59. The molecule has 2 aromatic rings. The second-order valence-electron chi connectivity index (χ2n) is 5.85. The zero-order chi connectivity index (χ0) is 15.0. The molecule has 0 N–H and O–H groups in total. The van der Waals surface area contributed by atoms with Crippen molar-refractivity contribution in [1.82, 2.24) is 0 Å². The molecule has 0 fully saturated rings. The molecule has 1 heteroatoms. The fourth-order valence-electron chi connectivity index (χ4n) is 2.52. The highest BCUT2D eigenvalue weighted by Crippen LogP contribution is 2.36. The van der Waals surface area contributed by atoms with Gasteiger partial charge in [-0.15, -0.1) is 0 Å². The fraction of sp³-hybridized carbons (Fsp3) is 0.368. The molecule has 0 aliphatic heterocycles. The summed E-state index contributed by atoms with van der Waals surface area (Å²) in [6.07, 6.45) is 0. The van der Waals surface area contributed by atoms with Crippen LogP contribution in [-0.4, -0.2) is 0 Å². The Bertz CT molecular complexity index is 640. The van der Waals surface area contributed by atoms with Crippen LogP contribution in [0.1, 0.15) is 38.9 Å². The molecule has 0 unspecified atom stereocenters. The molecular weight excluding hydrogens is 244 g/mol. The third-order valence-corrected chi connectivity index (χ3v) is 4.37. The Morgan fingerprint density at radius 3 is 1.55 bits per heavy atom. The van der Waals surface area contributed by atoms with E-state index in [-0.39, 0.29) is 0 Å². The molecule has 0 aliphatic rings. The molecule has 0 bridgehead atoms. The summed E-state index contributed by atoms with van der Waals surface area (Å²) in [4.78, 5) is 0. The molecule has 2 aromatic carbocycles. The van der Waals surface area contributed by atoms with Crippen molar-refractivity contribution >= 4 is 0 Å². The molecule has 0 radical (unpaired) electrons. The van der Waals surface area contributed by atoms with Gasteiger partial charge in [0.1, 0.15) is 11.5 Å². The zero-order valence-electron chi connectivity index (χ0n) is 13.6. The van der Waals surface area contributed by atoms with Gasteiger partial charge in [-0.3, -0.25) is 0 Å². The van der Waals surface area contributed by atoms with E-state index in [9.17, 15) is 0 Å². The summed E-state index contributed by atoms with van der Waals surface area (Å²) in [5.74, 6) is 2.01. The molecule has 0 saturated carbocycles. The normalized spacial score (nSPS) is 10.8. The second kappa shape index (κ2) is 5.32. The maximum Gasteiger partial charge on any atom is 0.133 e. The first-order valence-electron chi connectivity index (χ1n) is 7.15. The van der Waals surface area contributed by atoms with E-state index >= 15 is 0 Å². The van der Waals surface area contributed by atoms with E-state index in [2.05, 4.69) is 66.7 Å². The summed E-state index contributed by atoms with van der Waals surface area (Å²) in [5.41, 5.74) is 8.71. The SMILES string of the molecule is Cc1ccc(C)c(Oc2c(C)c(C)cc(C)c2C)c1C. The molecular formula is C19H24O. The molecule has 1 nitrogen and oxygen atoms in total. The third-order valence-electron chi connectivity index (χ3n) is 4.37. The Kier molecular flexibility index (Phi) is 3.89. The molecule has 0 aliphatic carbocycles. The molecule has 0 amide bonds. The van der Waals surface area contributed by atoms with Gasteiger partial charge in [0, 0.05) is 0 Å². The van der Waals surface area contributed by atoms with Gasteiger partial charge in [0.2, 0.25) is 0 Å². The Labute approximate surface area is 122 Å². The Hall–Kier alpha value is -1.76. The number of aryl methyl sites for hydroxylation is 4. The van der Waals surface area contributed by atoms with Gasteiger partial charge < -0.3 is 4.74 Å². The van der Waals surface area contributed by atoms with E-state index in [4.69, 9.17) is 4.74 Å². The molecule has 106 valence electrons. The summed E-state index contributed by atoms with van der Waals surface area (Å²) in [6.45, 7) is 14.9. The highest BCUT2D eigenvalue weighted by Gasteiger charge is 2.14. The number of hydrogen-bond acceptors (Lipinski definition) is 1. The molecule has 0 aromatic heterocycles. The van der Waals surface area contributed by atoms with Crippen molar-refractivity contribution in [1.29, 1.82) is 0 Å². The van der Waals surface area contributed by atoms with Crippen molar-refractivity contribution in [3.63, 3.8) is 0 Å². The standard InChI is InChI=1S/C19H24O/c1-11-8-9-12(2)18(15(11)5)20-19-16(6)13(3)10-14(4)17(19)7/h8-10H,1-7H3. The first-order valence-corrected chi connectivity index (χ1v) is 7.15. The Morgan fingerprint density at radius 2 is 1.00 bits per heavy atom. The average Bonchev–Trinajstić information content (AvgIpc) is 2.40. The smallest absolute Gasteiger partial charge is 0.133 e. The second-order valence-corrected chi connectivity index (χ2v) is 5.85. The van der Waals surface area contributed by atoms with Gasteiger partial charge in [0.15, 0.2) is 0 Å². The molecule has 0 atom stereocenters. The quantitative estimate of drug-likeness (QED) is 0.685. The Morgan fingerprint density at radius 1 is 0.550 bits per heavy atom. The van der Waals surface area contributed by atoms with Gasteiger partial charge in [-0.05, 0) is 87.4 Å². The van der Waals surface area contributed by atoms with E-state index in [1.807, 2.05) is 0 Å². The lowest BCUT2D eigenvalue weighted by atomic mass is 9.99. The zero-order valence-corrected chi connectivity index (χ0v) is 13.6. The first kappa shape index (κ1) is 14.6. The maximum atomic E-state index is 6.34. The predicted octanol–water partition coefficient (Wildman–Crippen LogP) is 5.64. The van der Waals surface area contributed by atoms with Gasteiger partial charge in [-0.25, -0.2) is 0 Å².